The molecule has 1 saturated heterocycles. The smallest absolute Gasteiger partial charge is 0.228 e. The molecule has 1 saturated carbocycles. The Kier molecular flexibility index (Phi) is 5.63. The van der Waals surface area contributed by atoms with Crippen LogP contribution in [-0.2, 0) is 0 Å². The van der Waals surface area contributed by atoms with Crippen molar-refractivity contribution in [3.63, 3.8) is 0 Å². The SMILES string of the molecule is Clc1cccc(N2CCN(c3nc(NC4CCCCC4)c4ccccc4n3)CC2)c1. The van der Waals surface area contributed by atoms with Gasteiger partial charge in [-0.2, -0.15) is 4.98 Å². The monoisotopic (exact) mass is 421 g/mol. The molecule has 0 atom stereocenters. The fourth-order valence-electron chi connectivity index (χ4n) is 4.59. The van der Waals surface area contributed by atoms with Crippen molar-refractivity contribution >= 4 is 40.0 Å². The Morgan fingerprint density at radius 2 is 1.60 bits per heavy atom. The molecule has 1 aromatic heterocycles. The zero-order chi connectivity index (χ0) is 20.3. The highest BCUT2D eigenvalue weighted by Gasteiger charge is 2.22. The van der Waals surface area contributed by atoms with E-state index in [0.29, 0.717) is 6.04 Å². The number of halogens is 1. The average Bonchev–Trinajstić information content (AvgIpc) is 2.80. The normalized spacial score (nSPS) is 18.0. The van der Waals surface area contributed by atoms with Crippen molar-refractivity contribution in [3.05, 3.63) is 53.6 Å². The van der Waals surface area contributed by atoms with Crippen molar-refractivity contribution < 1.29 is 0 Å². The molecule has 0 radical (unpaired) electrons. The topological polar surface area (TPSA) is 44.3 Å². The molecule has 0 unspecified atom stereocenters. The highest BCUT2D eigenvalue weighted by molar-refractivity contribution is 6.30. The van der Waals surface area contributed by atoms with Crippen LogP contribution in [0.1, 0.15) is 32.1 Å². The first-order valence-corrected chi connectivity index (χ1v) is 11.4. The third-order valence-electron chi connectivity index (χ3n) is 6.27. The number of rotatable bonds is 4. The van der Waals surface area contributed by atoms with E-state index in [2.05, 4.69) is 45.4 Å². The van der Waals surface area contributed by atoms with Crippen LogP contribution < -0.4 is 15.1 Å². The van der Waals surface area contributed by atoms with E-state index >= 15 is 0 Å². The molecule has 0 spiro atoms. The van der Waals surface area contributed by atoms with Gasteiger partial charge in [-0.15, -0.1) is 0 Å². The van der Waals surface area contributed by atoms with Gasteiger partial charge in [0.1, 0.15) is 5.82 Å². The highest BCUT2D eigenvalue weighted by atomic mass is 35.5. The lowest BCUT2D eigenvalue weighted by molar-refractivity contribution is 0.462. The van der Waals surface area contributed by atoms with Gasteiger partial charge in [-0.1, -0.05) is 49.1 Å². The second kappa shape index (κ2) is 8.68. The molecule has 0 bridgehead atoms. The van der Waals surface area contributed by atoms with Gasteiger partial charge in [-0.25, -0.2) is 4.98 Å². The maximum atomic E-state index is 6.18. The largest absolute Gasteiger partial charge is 0.368 e. The fourth-order valence-corrected chi connectivity index (χ4v) is 4.78. The van der Waals surface area contributed by atoms with Crippen LogP contribution in [0.25, 0.3) is 10.9 Å². The number of benzene rings is 2. The number of piperazine rings is 1. The summed E-state index contributed by atoms with van der Waals surface area (Å²) in [5, 5.41) is 5.64. The molecule has 0 amide bonds. The van der Waals surface area contributed by atoms with Gasteiger partial charge in [0.2, 0.25) is 5.95 Å². The molecular formula is C24H28ClN5. The maximum absolute atomic E-state index is 6.18. The summed E-state index contributed by atoms with van der Waals surface area (Å²) < 4.78 is 0. The van der Waals surface area contributed by atoms with E-state index in [9.17, 15) is 0 Å². The molecule has 1 aliphatic heterocycles. The van der Waals surface area contributed by atoms with Crippen LogP contribution in [0.4, 0.5) is 17.5 Å². The summed E-state index contributed by atoms with van der Waals surface area (Å²) in [7, 11) is 0. The summed E-state index contributed by atoms with van der Waals surface area (Å²) in [6.07, 6.45) is 6.42. The zero-order valence-corrected chi connectivity index (χ0v) is 18.0. The van der Waals surface area contributed by atoms with E-state index in [-0.39, 0.29) is 0 Å². The molecular weight excluding hydrogens is 394 g/mol. The van der Waals surface area contributed by atoms with Crippen molar-refractivity contribution in [3.8, 4) is 0 Å². The van der Waals surface area contributed by atoms with Crippen molar-refractivity contribution in [2.24, 2.45) is 0 Å². The van der Waals surface area contributed by atoms with Crippen LogP contribution >= 0.6 is 11.6 Å². The fraction of sp³-hybridized carbons (Fsp3) is 0.417. The second-order valence-electron chi connectivity index (χ2n) is 8.32. The predicted molar refractivity (Wildman–Crippen MR) is 126 cm³/mol. The van der Waals surface area contributed by atoms with Crippen LogP contribution in [0, 0.1) is 0 Å². The molecule has 5 rings (SSSR count). The van der Waals surface area contributed by atoms with Crippen molar-refractivity contribution in [2.45, 2.75) is 38.1 Å². The van der Waals surface area contributed by atoms with E-state index in [1.807, 2.05) is 18.2 Å². The summed E-state index contributed by atoms with van der Waals surface area (Å²) in [6, 6.07) is 17.0. The Bertz CT molecular complexity index is 1010. The number of fused-ring (bicyclic) bond motifs is 1. The van der Waals surface area contributed by atoms with Gasteiger partial charge in [0.25, 0.3) is 0 Å². The number of hydrogen-bond donors (Lipinski definition) is 1. The summed E-state index contributed by atoms with van der Waals surface area (Å²) >= 11 is 6.18. The van der Waals surface area contributed by atoms with E-state index in [1.165, 1.54) is 37.8 Å². The molecule has 2 aliphatic rings. The number of hydrogen-bond acceptors (Lipinski definition) is 5. The van der Waals surface area contributed by atoms with Gasteiger partial charge in [0, 0.05) is 48.3 Å². The molecule has 156 valence electrons. The molecule has 6 heteroatoms. The van der Waals surface area contributed by atoms with Crippen LogP contribution in [0.2, 0.25) is 5.02 Å². The van der Waals surface area contributed by atoms with Crippen molar-refractivity contribution in [2.75, 3.05) is 41.3 Å². The first-order chi connectivity index (χ1) is 14.8. The highest BCUT2D eigenvalue weighted by Crippen LogP contribution is 2.28. The van der Waals surface area contributed by atoms with E-state index in [0.717, 1.165) is 53.9 Å². The second-order valence-corrected chi connectivity index (χ2v) is 8.76. The van der Waals surface area contributed by atoms with Crippen molar-refractivity contribution in [1.29, 1.82) is 0 Å². The van der Waals surface area contributed by atoms with Crippen LogP contribution in [0.15, 0.2) is 48.5 Å². The average molecular weight is 422 g/mol. The molecule has 1 aliphatic carbocycles. The van der Waals surface area contributed by atoms with Gasteiger partial charge in [0.05, 0.1) is 5.52 Å². The Labute approximate surface area is 183 Å². The van der Waals surface area contributed by atoms with Crippen molar-refractivity contribution in [1.82, 2.24) is 9.97 Å². The number of aromatic nitrogens is 2. The number of nitrogens with zero attached hydrogens (tertiary/aromatic N) is 4. The van der Waals surface area contributed by atoms with Gasteiger partial charge in [0.15, 0.2) is 0 Å². The number of para-hydroxylation sites is 1. The van der Waals surface area contributed by atoms with E-state index in [4.69, 9.17) is 21.6 Å². The summed E-state index contributed by atoms with van der Waals surface area (Å²) in [5.74, 6) is 1.82. The maximum Gasteiger partial charge on any atom is 0.228 e. The Morgan fingerprint density at radius 3 is 2.40 bits per heavy atom. The molecule has 2 aromatic carbocycles. The van der Waals surface area contributed by atoms with Crippen LogP contribution in [-0.4, -0.2) is 42.2 Å². The lowest BCUT2D eigenvalue weighted by Gasteiger charge is -2.36. The van der Waals surface area contributed by atoms with Crippen LogP contribution in [0.3, 0.4) is 0 Å². The standard InChI is InChI=1S/C24H28ClN5/c25-18-7-6-10-20(17-18)29-13-15-30(16-14-29)24-27-22-12-5-4-11-21(22)23(28-24)26-19-8-2-1-3-9-19/h4-7,10-12,17,19H,1-3,8-9,13-16H2,(H,26,27,28). The molecule has 2 heterocycles. The van der Waals surface area contributed by atoms with E-state index in [1.54, 1.807) is 0 Å². The number of nitrogens with one attached hydrogen (secondary N) is 1. The first-order valence-electron chi connectivity index (χ1n) is 11.0. The molecule has 30 heavy (non-hydrogen) atoms. The lowest BCUT2D eigenvalue weighted by Crippen LogP contribution is -2.47. The van der Waals surface area contributed by atoms with Gasteiger partial charge < -0.3 is 15.1 Å². The Morgan fingerprint density at radius 1 is 0.833 bits per heavy atom. The summed E-state index contributed by atoms with van der Waals surface area (Å²) in [5.41, 5.74) is 2.19. The minimum atomic E-state index is 0.518. The van der Waals surface area contributed by atoms with Crippen LogP contribution in [0.5, 0.6) is 0 Å². The minimum absolute atomic E-state index is 0.518. The quantitative estimate of drug-likeness (QED) is 0.614. The third kappa shape index (κ3) is 4.17. The van der Waals surface area contributed by atoms with Gasteiger partial charge in [-0.05, 0) is 43.2 Å². The Balaban J connectivity index is 1.36. The van der Waals surface area contributed by atoms with Gasteiger partial charge >= 0.3 is 0 Å². The zero-order valence-electron chi connectivity index (χ0n) is 17.2. The molecule has 3 aromatic rings. The van der Waals surface area contributed by atoms with Gasteiger partial charge in [-0.3, -0.25) is 0 Å². The summed E-state index contributed by atoms with van der Waals surface area (Å²) in [6.45, 7) is 3.66. The minimum Gasteiger partial charge on any atom is -0.368 e. The summed E-state index contributed by atoms with van der Waals surface area (Å²) in [4.78, 5) is 14.6. The lowest BCUT2D eigenvalue weighted by atomic mass is 9.95. The van der Waals surface area contributed by atoms with E-state index < -0.39 is 0 Å². The molecule has 5 nitrogen and oxygen atoms in total. The third-order valence-corrected chi connectivity index (χ3v) is 6.51. The molecule has 2 fully saturated rings. The molecule has 1 N–H and O–H groups in total. The number of anilines is 3. The predicted octanol–water partition coefficient (Wildman–Crippen LogP) is 5.35. The first kappa shape index (κ1) is 19.4. The Hall–Kier alpha value is -2.53.